The molecular weight excluding hydrogens is 212 g/mol. The Balaban J connectivity index is 1.48. The maximum atomic E-state index is 5.73. The second-order valence-electron chi connectivity index (χ2n) is 6.06. The normalized spacial score (nSPS) is 39.7. The van der Waals surface area contributed by atoms with E-state index in [4.69, 9.17) is 4.74 Å². The summed E-state index contributed by atoms with van der Waals surface area (Å²) in [5.74, 6) is 0. The lowest BCUT2D eigenvalue weighted by Gasteiger charge is -2.42. The zero-order chi connectivity index (χ0) is 11.7. The summed E-state index contributed by atoms with van der Waals surface area (Å²) in [4.78, 5) is 5.40. The van der Waals surface area contributed by atoms with Gasteiger partial charge in [0.25, 0.3) is 0 Å². The fourth-order valence-corrected chi connectivity index (χ4v) is 3.74. The van der Waals surface area contributed by atoms with Gasteiger partial charge >= 0.3 is 0 Å². The van der Waals surface area contributed by atoms with Crippen molar-refractivity contribution in [2.45, 2.75) is 57.2 Å². The molecule has 0 aromatic heterocycles. The van der Waals surface area contributed by atoms with Gasteiger partial charge in [0.05, 0.1) is 6.10 Å². The van der Waals surface area contributed by atoms with Crippen molar-refractivity contribution < 1.29 is 4.74 Å². The summed E-state index contributed by atoms with van der Waals surface area (Å²) >= 11 is 0. The third kappa shape index (κ3) is 2.67. The molecule has 0 N–H and O–H groups in total. The number of piperazine rings is 1. The van der Waals surface area contributed by atoms with Gasteiger partial charge in [-0.1, -0.05) is 0 Å². The molecule has 3 heteroatoms. The van der Waals surface area contributed by atoms with Gasteiger partial charge in [0.1, 0.15) is 0 Å². The first kappa shape index (κ1) is 11.9. The van der Waals surface area contributed by atoms with Crippen LogP contribution in [0.1, 0.15) is 39.0 Å². The van der Waals surface area contributed by atoms with Crippen molar-refractivity contribution in [1.82, 2.24) is 9.80 Å². The van der Waals surface area contributed by atoms with Crippen molar-refractivity contribution in [3.05, 3.63) is 0 Å². The molecular formula is C14H26N2O. The summed E-state index contributed by atoms with van der Waals surface area (Å²) in [7, 11) is 0. The van der Waals surface area contributed by atoms with Crippen LogP contribution in [0.2, 0.25) is 0 Å². The highest BCUT2D eigenvalue weighted by molar-refractivity contribution is 4.90. The molecule has 0 saturated carbocycles. The van der Waals surface area contributed by atoms with E-state index in [0.717, 1.165) is 18.7 Å². The number of hydrogen-bond donors (Lipinski definition) is 0. The van der Waals surface area contributed by atoms with Crippen molar-refractivity contribution in [3.63, 3.8) is 0 Å². The van der Waals surface area contributed by atoms with Gasteiger partial charge in [-0.25, -0.2) is 0 Å². The third-order valence-electron chi connectivity index (χ3n) is 4.83. The molecule has 3 nitrogen and oxygen atoms in total. The van der Waals surface area contributed by atoms with Crippen LogP contribution in [0.3, 0.4) is 0 Å². The number of fused-ring (bicyclic) bond motifs is 1. The van der Waals surface area contributed by atoms with E-state index in [-0.39, 0.29) is 0 Å². The lowest BCUT2D eigenvalue weighted by Crippen LogP contribution is -2.55. The summed E-state index contributed by atoms with van der Waals surface area (Å²) in [5, 5.41) is 0. The SMILES string of the molecule is CC1CN2CCCC2CN1CCC1CCCO1. The van der Waals surface area contributed by atoms with Crippen LogP contribution < -0.4 is 0 Å². The van der Waals surface area contributed by atoms with Crippen LogP contribution in [0, 0.1) is 0 Å². The Morgan fingerprint density at radius 2 is 2.12 bits per heavy atom. The quantitative estimate of drug-likeness (QED) is 0.744. The smallest absolute Gasteiger partial charge is 0.0588 e. The molecule has 3 heterocycles. The van der Waals surface area contributed by atoms with Gasteiger partial charge in [-0.15, -0.1) is 0 Å². The summed E-state index contributed by atoms with van der Waals surface area (Å²) in [6.07, 6.45) is 7.20. The second-order valence-corrected chi connectivity index (χ2v) is 6.06. The molecule has 3 saturated heterocycles. The molecule has 0 spiro atoms. The Bertz CT molecular complexity index is 253. The largest absolute Gasteiger partial charge is 0.378 e. The Kier molecular flexibility index (Phi) is 3.69. The minimum Gasteiger partial charge on any atom is -0.378 e. The highest BCUT2D eigenvalue weighted by atomic mass is 16.5. The lowest BCUT2D eigenvalue weighted by molar-refractivity contribution is 0.0391. The van der Waals surface area contributed by atoms with Gasteiger partial charge < -0.3 is 4.74 Å². The Morgan fingerprint density at radius 1 is 1.18 bits per heavy atom. The molecule has 0 aliphatic carbocycles. The number of nitrogens with zero attached hydrogens (tertiary/aromatic N) is 2. The van der Waals surface area contributed by atoms with Gasteiger partial charge in [0.15, 0.2) is 0 Å². The minimum atomic E-state index is 0.559. The maximum Gasteiger partial charge on any atom is 0.0588 e. The maximum absolute atomic E-state index is 5.73. The first-order chi connectivity index (χ1) is 8.33. The van der Waals surface area contributed by atoms with Crippen LogP contribution in [0.5, 0.6) is 0 Å². The van der Waals surface area contributed by atoms with Gasteiger partial charge in [-0.2, -0.15) is 0 Å². The van der Waals surface area contributed by atoms with Crippen LogP contribution >= 0.6 is 0 Å². The fraction of sp³-hybridized carbons (Fsp3) is 1.00. The minimum absolute atomic E-state index is 0.559. The van der Waals surface area contributed by atoms with Crippen molar-refractivity contribution >= 4 is 0 Å². The van der Waals surface area contributed by atoms with E-state index < -0.39 is 0 Å². The predicted octanol–water partition coefficient (Wildman–Crippen LogP) is 1.72. The molecule has 3 fully saturated rings. The Hall–Kier alpha value is -0.120. The molecule has 3 unspecified atom stereocenters. The zero-order valence-corrected chi connectivity index (χ0v) is 11.1. The lowest BCUT2D eigenvalue weighted by atomic mass is 10.1. The molecule has 0 aromatic rings. The van der Waals surface area contributed by atoms with Crippen molar-refractivity contribution in [2.24, 2.45) is 0 Å². The summed E-state index contributed by atoms with van der Waals surface area (Å²) < 4.78 is 5.73. The standard InChI is InChI=1S/C14H26N2O/c1-12-10-16-7-2-4-13(16)11-15(12)8-6-14-5-3-9-17-14/h12-14H,2-11H2,1H3. The summed E-state index contributed by atoms with van der Waals surface area (Å²) in [6, 6.07) is 1.60. The fourth-order valence-electron chi connectivity index (χ4n) is 3.74. The number of hydrogen-bond acceptors (Lipinski definition) is 3. The third-order valence-corrected chi connectivity index (χ3v) is 4.83. The topological polar surface area (TPSA) is 15.7 Å². The van der Waals surface area contributed by atoms with Crippen molar-refractivity contribution in [1.29, 1.82) is 0 Å². The van der Waals surface area contributed by atoms with E-state index in [1.807, 2.05) is 0 Å². The van der Waals surface area contributed by atoms with E-state index in [0.29, 0.717) is 6.10 Å². The first-order valence-corrected chi connectivity index (χ1v) is 7.42. The van der Waals surface area contributed by atoms with Gasteiger partial charge in [-0.3, -0.25) is 9.80 Å². The molecule has 0 radical (unpaired) electrons. The van der Waals surface area contributed by atoms with Crippen molar-refractivity contribution in [3.8, 4) is 0 Å². The Morgan fingerprint density at radius 3 is 2.94 bits per heavy atom. The van der Waals surface area contributed by atoms with Crippen LogP contribution in [-0.2, 0) is 4.74 Å². The first-order valence-electron chi connectivity index (χ1n) is 7.42. The van der Waals surface area contributed by atoms with E-state index in [2.05, 4.69) is 16.7 Å². The molecule has 3 aliphatic rings. The number of ether oxygens (including phenoxy) is 1. The monoisotopic (exact) mass is 238 g/mol. The van der Waals surface area contributed by atoms with Crippen LogP contribution in [0.15, 0.2) is 0 Å². The Labute approximate surface area is 105 Å². The molecule has 3 rings (SSSR count). The van der Waals surface area contributed by atoms with Gasteiger partial charge in [0, 0.05) is 38.3 Å². The van der Waals surface area contributed by atoms with Gasteiger partial charge in [-0.05, 0) is 45.6 Å². The van der Waals surface area contributed by atoms with E-state index in [1.165, 1.54) is 58.3 Å². The van der Waals surface area contributed by atoms with Gasteiger partial charge in [0.2, 0.25) is 0 Å². The van der Waals surface area contributed by atoms with Crippen LogP contribution in [-0.4, -0.2) is 60.8 Å². The van der Waals surface area contributed by atoms with E-state index in [9.17, 15) is 0 Å². The summed E-state index contributed by atoms with van der Waals surface area (Å²) in [5.41, 5.74) is 0. The number of rotatable bonds is 3. The van der Waals surface area contributed by atoms with Crippen molar-refractivity contribution in [2.75, 3.05) is 32.8 Å². The van der Waals surface area contributed by atoms with E-state index in [1.54, 1.807) is 0 Å². The summed E-state index contributed by atoms with van der Waals surface area (Å²) in [6.45, 7) is 8.56. The molecule has 0 bridgehead atoms. The predicted molar refractivity (Wildman–Crippen MR) is 69.2 cm³/mol. The molecule has 3 aliphatic heterocycles. The molecule has 0 amide bonds. The molecule has 3 atom stereocenters. The molecule has 98 valence electrons. The van der Waals surface area contributed by atoms with Crippen LogP contribution in [0.25, 0.3) is 0 Å². The second kappa shape index (κ2) is 5.25. The van der Waals surface area contributed by atoms with E-state index >= 15 is 0 Å². The highest BCUT2D eigenvalue weighted by Crippen LogP contribution is 2.25. The molecule has 0 aromatic carbocycles. The molecule has 17 heavy (non-hydrogen) atoms. The highest BCUT2D eigenvalue weighted by Gasteiger charge is 2.34. The van der Waals surface area contributed by atoms with Crippen LogP contribution in [0.4, 0.5) is 0 Å². The zero-order valence-electron chi connectivity index (χ0n) is 11.1. The average Bonchev–Trinajstić information content (AvgIpc) is 2.95. The average molecular weight is 238 g/mol.